The van der Waals surface area contributed by atoms with Crippen molar-refractivity contribution in [2.75, 3.05) is 19.6 Å². The lowest BCUT2D eigenvalue weighted by atomic mass is 10.1. The number of fused-ring (bicyclic) bond motifs is 1. The highest BCUT2D eigenvalue weighted by Gasteiger charge is 2.17. The number of pyridine rings is 1. The Morgan fingerprint density at radius 3 is 2.31 bits per heavy atom. The quantitative estimate of drug-likeness (QED) is 0.0573. The average Bonchev–Trinajstić information content (AvgIpc) is 3.01. The van der Waals surface area contributed by atoms with Crippen molar-refractivity contribution in [3.8, 4) is 17.2 Å². The molecule has 5 aromatic rings. The van der Waals surface area contributed by atoms with E-state index in [-0.39, 0.29) is 11.5 Å². The molecule has 0 atom stereocenters. The van der Waals surface area contributed by atoms with Gasteiger partial charge in [0.15, 0.2) is 5.76 Å². The number of aromatic nitrogens is 1. The number of benzene rings is 4. The van der Waals surface area contributed by atoms with E-state index in [9.17, 15) is 4.79 Å². The lowest BCUT2D eigenvalue weighted by Gasteiger charge is -2.12. The number of ether oxygens (including phenoxy) is 3. The largest absolute Gasteiger partial charge is 0.497 e. The number of carbonyl (C=O) groups is 1. The summed E-state index contributed by atoms with van der Waals surface area (Å²) in [5.74, 6) is 1.41. The first-order chi connectivity index (χ1) is 20.4. The van der Waals surface area contributed by atoms with E-state index < -0.39 is 0 Å². The van der Waals surface area contributed by atoms with Gasteiger partial charge in [-0.1, -0.05) is 23.2 Å². The Hall–Kier alpha value is -4.85. The Kier molecular flexibility index (Phi) is 9.02. The number of nitrogens with one attached hydrogen (secondary N) is 1. The molecule has 7 nitrogen and oxygen atoms in total. The van der Waals surface area contributed by atoms with Gasteiger partial charge in [-0.25, -0.2) is 0 Å². The SMILES string of the molecule is COc1ccc(OC)c(/C=C(\Oc2ccc(/C=N/Nc3ccnc4cc(Cl)ccc34)cc2)C(=O)c2ccc(Cl)cc2)c1. The fourth-order valence-corrected chi connectivity index (χ4v) is 4.41. The number of hydrogen-bond acceptors (Lipinski definition) is 7. The molecule has 0 saturated carbocycles. The van der Waals surface area contributed by atoms with Crippen LogP contribution in [0.1, 0.15) is 21.5 Å². The zero-order chi connectivity index (χ0) is 29.5. The van der Waals surface area contributed by atoms with Gasteiger partial charge in [-0.05, 0) is 103 Å². The van der Waals surface area contributed by atoms with Gasteiger partial charge >= 0.3 is 0 Å². The van der Waals surface area contributed by atoms with E-state index in [0.29, 0.717) is 38.4 Å². The molecule has 9 heteroatoms. The van der Waals surface area contributed by atoms with E-state index in [1.165, 1.54) is 0 Å². The zero-order valence-electron chi connectivity index (χ0n) is 22.7. The van der Waals surface area contributed by atoms with E-state index in [1.54, 1.807) is 93.4 Å². The van der Waals surface area contributed by atoms with Crippen LogP contribution in [0.2, 0.25) is 10.0 Å². The van der Waals surface area contributed by atoms with Gasteiger partial charge < -0.3 is 14.2 Å². The molecule has 0 spiro atoms. The first kappa shape index (κ1) is 28.7. The van der Waals surface area contributed by atoms with Crippen LogP contribution in [-0.4, -0.2) is 31.2 Å². The number of hydrogen-bond donors (Lipinski definition) is 1. The number of ketones is 1. The molecule has 0 fully saturated rings. The molecule has 4 aromatic carbocycles. The minimum absolute atomic E-state index is 0.0941. The van der Waals surface area contributed by atoms with E-state index in [4.69, 9.17) is 37.4 Å². The molecule has 0 aliphatic rings. The van der Waals surface area contributed by atoms with Gasteiger partial charge in [0.05, 0.1) is 31.6 Å². The number of methoxy groups -OCH3 is 2. The molecule has 0 aliphatic heterocycles. The van der Waals surface area contributed by atoms with Crippen LogP contribution < -0.4 is 19.6 Å². The molecule has 0 amide bonds. The highest BCUT2D eigenvalue weighted by atomic mass is 35.5. The molecular weight excluding hydrogens is 573 g/mol. The molecule has 5 rings (SSSR count). The Morgan fingerprint density at radius 1 is 0.833 bits per heavy atom. The topological polar surface area (TPSA) is 82.0 Å². The Balaban J connectivity index is 1.38. The number of halogens is 2. The molecule has 0 bridgehead atoms. The number of anilines is 1. The van der Waals surface area contributed by atoms with Crippen molar-refractivity contribution < 1.29 is 19.0 Å². The van der Waals surface area contributed by atoms with Gasteiger partial charge in [0.1, 0.15) is 17.2 Å². The number of Topliss-reactive ketones (excluding diaryl/α,β-unsaturated/α-hetero) is 1. The molecular formula is C33H25Cl2N3O4. The summed E-state index contributed by atoms with van der Waals surface area (Å²) in [5, 5.41) is 6.41. The molecule has 1 N–H and O–H groups in total. The normalized spacial score (nSPS) is 11.5. The summed E-state index contributed by atoms with van der Waals surface area (Å²) in [5.41, 5.74) is 6.49. The summed E-state index contributed by atoms with van der Waals surface area (Å²) in [6.07, 6.45) is 5.01. The molecule has 1 heterocycles. The summed E-state index contributed by atoms with van der Waals surface area (Å²) in [4.78, 5) is 17.9. The van der Waals surface area contributed by atoms with E-state index in [2.05, 4.69) is 15.5 Å². The number of rotatable bonds is 10. The van der Waals surface area contributed by atoms with Crippen molar-refractivity contribution in [2.45, 2.75) is 0 Å². The standard InChI is InChI=1S/C33H25Cl2N3O4/c1-40-27-12-14-31(41-2)23(17-27)18-32(33(39)22-5-7-24(34)8-6-22)42-26-10-3-21(4-11-26)20-37-38-29-15-16-36-30-19-25(35)9-13-28(29)30/h3-20H,1-2H3,(H,36,38)/b32-18-,37-20+. The third-order valence-electron chi connectivity index (χ3n) is 6.26. The molecule has 0 aliphatic carbocycles. The molecule has 0 saturated heterocycles. The summed E-state index contributed by atoms with van der Waals surface area (Å²) in [7, 11) is 3.13. The van der Waals surface area contributed by atoms with Crippen molar-refractivity contribution in [2.24, 2.45) is 5.10 Å². The van der Waals surface area contributed by atoms with Gasteiger partial charge in [0.25, 0.3) is 0 Å². The van der Waals surface area contributed by atoms with Crippen LogP contribution in [0.4, 0.5) is 5.69 Å². The van der Waals surface area contributed by atoms with Crippen LogP contribution in [0.15, 0.2) is 108 Å². The fraction of sp³-hybridized carbons (Fsp3) is 0.0606. The van der Waals surface area contributed by atoms with Crippen LogP contribution >= 0.6 is 23.2 Å². The van der Waals surface area contributed by atoms with Gasteiger partial charge in [-0.3, -0.25) is 15.2 Å². The second-order valence-electron chi connectivity index (χ2n) is 9.01. The monoisotopic (exact) mass is 597 g/mol. The van der Waals surface area contributed by atoms with Crippen LogP contribution in [0, 0.1) is 0 Å². The first-order valence-corrected chi connectivity index (χ1v) is 13.5. The van der Waals surface area contributed by atoms with Crippen molar-refractivity contribution >= 4 is 57.9 Å². The maximum Gasteiger partial charge on any atom is 0.228 e. The van der Waals surface area contributed by atoms with Crippen LogP contribution in [0.5, 0.6) is 17.2 Å². The smallest absolute Gasteiger partial charge is 0.228 e. The third-order valence-corrected chi connectivity index (χ3v) is 6.75. The predicted molar refractivity (Wildman–Crippen MR) is 168 cm³/mol. The maximum atomic E-state index is 13.5. The molecule has 42 heavy (non-hydrogen) atoms. The number of hydrazone groups is 1. The number of nitrogens with zero attached hydrogens (tertiary/aromatic N) is 2. The fourth-order valence-electron chi connectivity index (χ4n) is 4.12. The van der Waals surface area contributed by atoms with Crippen LogP contribution in [-0.2, 0) is 0 Å². The van der Waals surface area contributed by atoms with Gasteiger partial charge in [0.2, 0.25) is 5.78 Å². The molecule has 1 aromatic heterocycles. The van der Waals surface area contributed by atoms with Gasteiger partial charge in [-0.2, -0.15) is 5.10 Å². The predicted octanol–water partition coefficient (Wildman–Crippen LogP) is 8.31. The highest BCUT2D eigenvalue weighted by molar-refractivity contribution is 6.31. The van der Waals surface area contributed by atoms with E-state index >= 15 is 0 Å². The lowest BCUT2D eigenvalue weighted by molar-refractivity contribution is 0.0988. The van der Waals surface area contributed by atoms with Crippen molar-refractivity contribution in [3.63, 3.8) is 0 Å². The summed E-state index contributed by atoms with van der Waals surface area (Å²) < 4.78 is 17.0. The minimum Gasteiger partial charge on any atom is -0.497 e. The maximum absolute atomic E-state index is 13.5. The van der Waals surface area contributed by atoms with Crippen molar-refractivity contribution in [3.05, 3.63) is 130 Å². The third kappa shape index (κ3) is 6.89. The Bertz CT molecular complexity index is 1790. The minimum atomic E-state index is -0.322. The summed E-state index contributed by atoms with van der Waals surface area (Å²) in [6.45, 7) is 0. The Labute approximate surface area is 253 Å². The second kappa shape index (κ2) is 13.2. The van der Waals surface area contributed by atoms with Crippen LogP contribution in [0.3, 0.4) is 0 Å². The average molecular weight is 598 g/mol. The molecule has 210 valence electrons. The number of carbonyl (C=O) groups excluding carboxylic acids is 1. The van der Waals surface area contributed by atoms with Gasteiger partial charge in [-0.15, -0.1) is 0 Å². The summed E-state index contributed by atoms with van der Waals surface area (Å²) in [6, 6.07) is 26.5. The van der Waals surface area contributed by atoms with E-state index in [0.717, 1.165) is 22.2 Å². The lowest BCUT2D eigenvalue weighted by Crippen LogP contribution is -2.10. The second-order valence-corrected chi connectivity index (χ2v) is 9.89. The number of allylic oxidation sites excluding steroid dienone is 1. The van der Waals surface area contributed by atoms with Crippen LogP contribution in [0.25, 0.3) is 17.0 Å². The van der Waals surface area contributed by atoms with Crippen molar-refractivity contribution in [1.82, 2.24) is 4.98 Å². The molecule has 0 radical (unpaired) electrons. The van der Waals surface area contributed by atoms with Gasteiger partial charge in [0, 0.05) is 32.8 Å². The Morgan fingerprint density at radius 2 is 1.57 bits per heavy atom. The first-order valence-electron chi connectivity index (χ1n) is 12.8. The molecule has 0 unspecified atom stereocenters. The highest BCUT2D eigenvalue weighted by Crippen LogP contribution is 2.29. The summed E-state index contributed by atoms with van der Waals surface area (Å²) >= 11 is 12.1. The van der Waals surface area contributed by atoms with E-state index in [1.807, 2.05) is 30.3 Å². The van der Waals surface area contributed by atoms with Crippen molar-refractivity contribution in [1.29, 1.82) is 0 Å². The zero-order valence-corrected chi connectivity index (χ0v) is 24.2.